The van der Waals surface area contributed by atoms with E-state index in [1.165, 1.54) is 0 Å². The highest BCUT2D eigenvalue weighted by molar-refractivity contribution is 5.81. The molecule has 0 saturated heterocycles. The first kappa shape index (κ1) is 16.4. The van der Waals surface area contributed by atoms with Gasteiger partial charge in [0, 0.05) is 26.9 Å². The third kappa shape index (κ3) is 8.12. The Balaban J connectivity index is 3.75. The zero-order valence-electron chi connectivity index (χ0n) is 10.9. The number of aliphatic hydroxyl groups is 1. The van der Waals surface area contributed by atoms with Crippen LogP contribution in [0.5, 0.6) is 0 Å². The van der Waals surface area contributed by atoms with Gasteiger partial charge in [-0.2, -0.15) is 0 Å². The molecule has 0 radical (unpaired) electrons. The van der Waals surface area contributed by atoms with Crippen molar-refractivity contribution < 1.29 is 14.6 Å². The van der Waals surface area contributed by atoms with E-state index >= 15 is 0 Å². The maximum atomic E-state index is 11.6. The number of carbonyl (C=O) groups is 1. The van der Waals surface area contributed by atoms with Gasteiger partial charge in [-0.3, -0.25) is 4.79 Å². The molecule has 17 heavy (non-hydrogen) atoms. The van der Waals surface area contributed by atoms with Gasteiger partial charge in [-0.15, -0.1) is 0 Å². The minimum absolute atomic E-state index is 0.113. The van der Waals surface area contributed by atoms with E-state index in [0.717, 1.165) is 19.3 Å². The van der Waals surface area contributed by atoms with Crippen molar-refractivity contribution in [1.82, 2.24) is 5.32 Å². The van der Waals surface area contributed by atoms with Crippen molar-refractivity contribution in [2.45, 2.75) is 38.6 Å². The molecule has 1 amide bonds. The lowest BCUT2D eigenvalue weighted by molar-refractivity contribution is -0.122. The van der Waals surface area contributed by atoms with Crippen LogP contribution in [-0.2, 0) is 9.53 Å². The van der Waals surface area contributed by atoms with E-state index in [1.807, 2.05) is 6.92 Å². The largest absolute Gasteiger partial charge is 0.396 e. The zero-order valence-corrected chi connectivity index (χ0v) is 10.9. The molecule has 2 atom stereocenters. The highest BCUT2D eigenvalue weighted by atomic mass is 16.5. The van der Waals surface area contributed by atoms with Gasteiger partial charge < -0.3 is 20.9 Å². The molecular weight excluding hydrogens is 220 g/mol. The van der Waals surface area contributed by atoms with Crippen molar-refractivity contribution in [1.29, 1.82) is 0 Å². The molecule has 0 fully saturated rings. The Labute approximate surface area is 104 Å². The first-order valence-electron chi connectivity index (χ1n) is 6.28. The number of hydrogen-bond acceptors (Lipinski definition) is 4. The number of ether oxygens (including phenoxy) is 1. The molecule has 0 spiro atoms. The summed E-state index contributed by atoms with van der Waals surface area (Å²) in [5.74, 6) is 0.215. The fourth-order valence-electron chi connectivity index (χ4n) is 1.59. The highest BCUT2D eigenvalue weighted by Gasteiger charge is 2.14. The molecular formula is C12H26N2O3. The Kier molecular flexibility index (Phi) is 10.1. The van der Waals surface area contributed by atoms with Gasteiger partial charge in [0.05, 0.1) is 6.04 Å². The molecule has 0 rings (SSSR count). The number of hydrogen-bond donors (Lipinski definition) is 3. The van der Waals surface area contributed by atoms with Crippen molar-refractivity contribution in [2.75, 3.05) is 26.9 Å². The Morgan fingerprint density at radius 3 is 2.71 bits per heavy atom. The van der Waals surface area contributed by atoms with E-state index in [1.54, 1.807) is 7.11 Å². The minimum atomic E-state index is -0.461. The van der Waals surface area contributed by atoms with Crippen molar-refractivity contribution in [3.05, 3.63) is 0 Å². The third-order valence-corrected chi connectivity index (χ3v) is 2.88. The number of aliphatic hydroxyl groups excluding tert-OH is 1. The summed E-state index contributed by atoms with van der Waals surface area (Å²) in [6.07, 6.45) is 3.09. The fraction of sp³-hybridized carbons (Fsp3) is 0.917. The van der Waals surface area contributed by atoms with E-state index in [-0.39, 0.29) is 12.5 Å². The smallest absolute Gasteiger partial charge is 0.236 e. The molecule has 0 aliphatic rings. The number of rotatable bonds is 10. The molecule has 0 aliphatic carbocycles. The van der Waals surface area contributed by atoms with Crippen LogP contribution in [0.1, 0.15) is 32.6 Å². The average molecular weight is 246 g/mol. The van der Waals surface area contributed by atoms with Crippen LogP contribution in [0.15, 0.2) is 0 Å². The number of methoxy groups -OCH3 is 1. The number of carbonyl (C=O) groups excluding carboxylic acids is 1. The molecule has 0 aromatic rings. The summed E-state index contributed by atoms with van der Waals surface area (Å²) in [4.78, 5) is 11.6. The second kappa shape index (κ2) is 10.5. The predicted octanol–water partition coefficient (Wildman–Crippen LogP) is 0.265. The molecule has 5 nitrogen and oxygen atoms in total. The molecule has 2 unspecified atom stereocenters. The van der Waals surface area contributed by atoms with Crippen molar-refractivity contribution in [2.24, 2.45) is 11.7 Å². The Hall–Kier alpha value is -0.650. The van der Waals surface area contributed by atoms with Gasteiger partial charge >= 0.3 is 0 Å². The van der Waals surface area contributed by atoms with E-state index in [0.29, 0.717) is 25.5 Å². The molecule has 0 aromatic heterocycles. The van der Waals surface area contributed by atoms with Crippen LogP contribution in [0, 0.1) is 5.92 Å². The van der Waals surface area contributed by atoms with Crippen LogP contribution in [0.25, 0.3) is 0 Å². The van der Waals surface area contributed by atoms with Crippen molar-refractivity contribution >= 4 is 5.91 Å². The molecule has 0 aromatic carbocycles. The van der Waals surface area contributed by atoms with Gasteiger partial charge in [-0.25, -0.2) is 0 Å². The SMILES string of the molecule is CCC(CCO)CNC(=O)C(N)CCCOC. The highest BCUT2D eigenvalue weighted by Crippen LogP contribution is 2.05. The average Bonchev–Trinajstić information content (AvgIpc) is 2.34. The van der Waals surface area contributed by atoms with E-state index in [4.69, 9.17) is 15.6 Å². The Morgan fingerprint density at radius 1 is 1.47 bits per heavy atom. The summed E-state index contributed by atoms with van der Waals surface area (Å²) in [5.41, 5.74) is 5.74. The van der Waals surface area contributed by atoms with Gasteiger partial charge in [-0.1, -0.05) is 13.3 Å². The standard InChI is InChI=1S/C12H26N2O3/c1-3-10(6-7-15)9-14-12(16)11(13)5-4-8-17-2/h10-11,15H,3-9,13H2,1-2H3,(H,14,16). The molecule has 5 heteroatoms. The maximum Gasteiger partial charge on any atom is 0.236 e. The summed E-state index contributed by atoms with van der Waals surface area (Å²) in [5, 5.41) is 11.7. The second-order valence-electron chi connectivity index (χ2n) is 4.27. The number of nitrogens with two attached hydrogens (primary N) is 1. The molecule has 102 valence electrons. The van der Waals surface area contributed by atoms with Crippen LogP contribution >= 0.6 is 0 Å². The predicted molar refractivity (Wildman–Crippen MR) is 67.6 cm³/mol. The summed E-state index contributed by atoms with van der Waals surface area (Å²) >= 11 is 0. The van der Waals surface area contributed by atoms with Gasteiger partial charge in [0.15, 0.2) is 0 Å². The molecule has 4 N–H and O–H groups in total. The summed E-state index contributed by atoms with van der Waals surface area (Å²) in [7, 11) is 1.63. The van der Waals surface area contributed by atoms with E-state index in [9.17, 15) is 4.79 Å². The first-order valence-corrected chi connectivity index (χ1v) is 6.28. The number of amides is 1. The van der Waals surface area contributed by atoms with Crippen LogP contribution in [0.2, 0.25) is 0 Å². The fourth-order valence-corrected chi connectivity index (χ4v) is 1.59. The Bertz CT molecular complexity index is 200. The number of nitrogens with one attached hydrogen (secondary N) is 1. The third-order valence-electron chi connectivity index (χ3n) is 2.88. The van der Waals surface area contributed by atoms with E-state index in [2.05, 4.69) is 5.32 Å². The minimum Gasteiger partial charge on any atom is -0.396 e. The summed E-state index contributed by atoms with van der Waals surface area (Å²) in [6.45, 7) is 3.43. The van der Waals surface area contributed by atoms with E-state index < -0.39 is 6.04 Å². The lowest BCUT2D eigenvalue weighted by atomic mass is 10.0. The summed E-state index contributed by atoms with van der Waals surface area (Å²) in [6, 6.07) is -0.461. The van der Waals surface area contributed by atoms with Crippen molar-refractivity contribution in [3.8, 4) is 0 Å². The first-order chi connectivity index (χ1) is 8.15. The van der Waals surface area contributed by atoms with Gasteiger partial charge in [0.1, 0.15) is 0 Å². The second-order valence-corrected chi connectivity index (χ2v) is 4.27. The van der Waals surface area contributed by atoms with Gasteiger partial charge in [0.2, 0.25) is 5.91 Å². The summed E-state index contributed by atoms with van der Waals surface area (Å²) < 4.78 is 4.90. The lowest BCUT2D eigenvalue weighted by Crippen LogP contribution is -2.42. The van der Waals surface area contributed by atoms with Crippen molar-refractivity contribution in [3.63, 3.8) is 0 Å². The maximum absolute atomic E-state index is 11.6. The molecule has 0 heterocycles. The van der Waals surface area contributed by atoms with Gasteiger partial charge in [0.25, 0.3) is 0 Å². The monoisotopic (exact) mass is 246 g/mol. The zero-order chi connectivity index (χ0) is 13.1. The lowest BCUT2D eigenvalue weighted by Gasteiger charge is -2.17. The van der Waals surface area contributed by atoms with Crippen LogP contribution < -0.4 is 11.1 Å². The molecule has 0 saturated carbocycles. The quantitative estimate of drug-likeness (QED) is 0.483. The normalized spacial score (nSPS) is 14.4. The molecule has 0 bridgehead atoms. The van der Waals surface area contributed by atoms with Crippen LogP contribution in [-0.4, -0.2) is 43.9 Å². The molecule has 0 aliphatic heterocycles. The van der Waals surface area contributed by atoms with Crippen LogP contribution in [0.4, 0.5) is 0 Å². The Morgan fingerprint density at radius 2 is 2.18 bits per heavy atom. The van der Waals surface area contributed by atoms with Crippen LogP contribution in [0.3, 0.4) is 0 Å². The topological polar surface area (TPSA) is 84.6 Å². The van der Waals surface area contributed by atoms with Gasteiger partial charge in [-0.05, 0) is 25.2 Å².